The molecule has 7 N–H and O–H groups in total. The smallest absolute Gasteiger partial charge is 0.296 e. The summed E-state index contributed by atoms with van der Waals surface area (Å²) in [6, 6.07) is -5.27. The molecule has 3 rings (SSSR count). The maximum Gasteiger partial charge on any atom is 0.296 e. The summed E-state index contributed by atoms with van der Waals surface area (Å²) in [6.07, 6.45) is 8.30. The molecule has 1 saturated carbocycles. The van der Waals surface area contributed by atoms with Crippen molar-refractivity contribution < 1.29 is 46.8 Å². The van der Waals surface area contributed by atoms with Crippen molar-refractivity contribution in [2.45, 2.75) is 128 Å². The third-order valence-corrected chi connectivity index (χ3v) is 12.7. The number of nitrogens with zero attached hydrogens (tertiary/aromatic N) is 5. The van der Waals surface area contributed by atoms with Gasteiger partial charge in [-0.05, 0) is 37.0 Å². The number of ketones is 1. The summed E-state index contributed by atoms with van der Waals surface area (Å²) in [4.78, 5) is 114. The van der Waals surface area contributed by atoms with Crippen LogP contribution in [0.4, 0.5) is 5.13 Å². The van der Waals surface area contributed by atoms with E-state index in [1.54, 1.807) is 19.2 Å². The van der Waals surface area contributed by atoms with Crippen LogP contribution in [0.1, 0.15) is 110 Å². The van der Waals surface area contributed by atoms with Crippen molar-refractivity contribution in [1.82, 2.24) is 45.7 Å². The number of amides is 7. The summed E-state index contributed by atoms with van der Waals surface area (Å²) in [7, 11) is -5.10. The van der Waals surface area contributed by atoms with E-state index in [1.165, 1.54) is 25.5 Å². The molecule has 0 spiro atoms. The normalized spacial score (nSPS) is 15.7. The largest absolute Gasteiger partial charge is 0.342 e. The molecule has 60 heavy (non-hydrogen) atoms. The number of anilines is 1. The van der Waals surface area contributed by atoms with Crippen molar-refractivity contribution >= 4 is 73.6 Å². The van der Waals surface area contributed by atoms with Gasteiger partial charge in [0.25, 0.3) is 32.1 Å². The minimum atomic E-state index is -5.10. The van der Waals surface area contributed by atoms with Gasteiger partial charge >= 0.3 is 0 Å². The fraction of sp³-hybridized carbons (Fsp3) is 0.622. The fourth-order valence-corrected chi connectivity index (χ4v) is 8.76. The Morgan fingerprint density at radius 1 is 0.900 bits per heavy atom. The lowest BCUT2D eigenvalue weighted by molar-refractivity contribution is -0.142. The summed E-state index contributed by atoms with van der Waals surface area (Å²) < 4.78 is 27.7. The molecule has 330 valence electrons. The Kier molecular flexibility index (Phi) is 18.7. The zero-order valence-electron chi connectivity index (χ0n) is 34.6. The van der Waals surface area contributed by atoms with Crippen LogP contribution in [-0.4, -0.2) is 111 Å². The number of nitrogens with one attached hydrogen (secondary N) is 5. The number of hydrogen-bond acceptors (Lipinski definition) is 16. The van der Waals surface area contributed by atoms with Crippen LogP contribution in [0.3, 0.4) is 0 Å². The predicted molar refractivity (Wildman–Crippen MR) is 217 cm³/mol. The molecule has 0 aliphatic heterocycles. The lowest BCUT2D eigenvalue weighted by Gasteiger charge is -2.32. The van der Waals surface area contributed by atoms with E-state index in [-0.39, 0.29) is 46.2 Å². The van der Waals surface area contributed by atoms with E-state index in [1.807, 2.05) is 13.8 Å². The number of imide groups is 1. The number of aromatic nitrogens is 4. The van der Waals surface area contributed by atoms with Crippen LogP contribution < -0.4 is 32.3 Å². The first-order valence-electron chi connectivity index (χ1n) is 19.8. The first-order chi connectivity index (χ1) is 28.3. The number of carbonyl (C=O) groups excluding carboxylic acids is 8. The van der Waals surface area contributed by atoms with E-state index >= 15 is 0 Å². The van der Waals surface area contributed by atoms with Gasteiger partial charge in [-0.3, -0.25) is 48.7 Å². The molecule has 0 aromatic carbocycles. The van der Waals surface area contributed by atoms with Crippen LogP contribution >= 0.6 is 11.3 Å². The Morgan fingerprint density at radius 3 is 2.17 bits per heavy atom. The Hall–Kier alpha value is -5.29. The van der Waals surface area contributed by atoms with Crippen molar-refractivity contribution in [3.63, 3.8) is 0 Å². The van der Waals surface area contributed by atoms with Gasteiger partial charge in [0.05, 0.1) is 12.2 Å². The summed E-state index contributed by atoms with van der Waals surface area (Å²) in [5.41, 5.74) is 5.62. The van der Waals surface area contributed by atoms with Crippen LogP contribution in [-0.2, 0) is 43.6 Å². The number of Topliss-reactive ketones (excluding diaryl/α,β-unsaturated/α-hetero) is 1. The molecule has 7 amide bonds. The fourth-order valence-electron chi connectivity index (χ4n) is 6.32. The van der Waals surface area contributed by atoms with Crippen LogP contribution in [0.5, 0.6) is 0 Å². The van der Waals surface area contributed by atoms with Gasteiger partial charge in [-0.25, -0.2) is 9.29 Å². The van der Waals surface area contributed by atoms with Crippen molar-refractivity contribution in [3.8, 4) is 0 Å². The number of hydrogen-bond donors (Lipinski definition) is 6. The molecule has 2 aromatic heterocycles. The molecule has 0 unspecified atom stereocenters. The van der Waals surface area contributed by atoms with Crippen molar-refractivity contribution in [1.29, 1.82) is 0 Å². The molecule has 1 aliphatic rings. The highest BCUT2D eigenvalue weighted by Crippen LogP contribution is 2.30. The number of carbonyl (C=O) groups is 8. The molecule has 5 atom stereocenters. The van der Waals surface area contributed by atoms with Crippen molar-refractivity contribution in [2.75, 3.05) is 11.9 Å². The summed E-state index contributed by atoms with van der Waals surface area (Å²) in [5.74, 6) is -8.86. The Bertz CT molecular complexity index is 1970. The summed E-state index contributed by atoms with van der Waals surface area (Å²) >= 11 is 0.378. The molecule has 0 radical (unpaired) electrons. The van der Waals surface area contributed by atoms with Crippen LogP contribution in [0.15, 0.2) is 22.9 Å². The number of nitrogens with two attached hydrogens (primary N) is 1. The molecule has 0 saturated heterocycles. The minimum absolute atomic E-state index is 0.0344. The van der Waals surface area contributed by atoms with Crippen LogP contribution in [0.25, 0.3) is 0 Å². The van der Waals surface area contributed by atoms with E-state index in [4.69, 9.17) is 5.73 Å². The van der Waals surface area contributed by atoms with Crippen LogP contribution in [0.2, 0.25) is 0 Å². The molecule has 1 aliphatic carbocycles. The third-order valence-electron chi connectivity index (χ3n) is 9.81. The molecule has 0 bridgehead atoms. The van der Waals surface area contributed by atoms with Gasteiger partial charge in [0.1, 0.15) is 30.4 Å². The summed E-state index contributed by atoms with van der Waals surface area (Å²) in [6.45, 7) is 8.48. The predicted octanol–water partition coefficient (Wildman–Crippen LogP) is 0.584. The SMILES string of the molecule is CC[C@H](N)C(=O)C(=O)NC(=O)CN(C(=O)[C@H](CC1CCCCC1)NC(=O)[C@@H](NC(=O)[C@H](CC(C)C)NC(=O)c1cnccn1)[C@@H](C)CC)S(=O)(=O)c1nnc(NC(C)=O)s1. The van der Waals surface area contributed by atoms with Crippen molar-refractivity contribution in [3.05, 3.63) is 24.3 Å². The highest BCUT2D eigenvalue weighted by molar-refractivity contribution is 7.91. The highest BCUT2D eigenvalue weighted by Gasteiger charge is 2.41. The molecule has 1 fully saturated rings. The molecule has 23 heteroatoms. The number of rotatable bonds is 21. The van der Waals surface area contributed by atoms with Crippen LogP contribution in [0, 0.1) is 17.8 Å². The van der Waals surface area contributed by atoms with Gasteiger partial charge in [-0.15, -0.1) is 10.2 Å². The average Bonchev–Trinajstić information content (AvgIpc) is 3.69. The second kappa shape index (κ2) is 22.9. The summed E-state index contributed by atoms with van der Waals surface area (Å²) in [5, 5.41) is 19.1. The maximum absolute atomic E-state index is 14.7. The highest BCUT2D eigenvalue weighted by atomic mass is 32.2. The van der Waals surface area contributed by atoms with Gasteiger partial charge in [-0.1, -0.05) is 84.5 Å². The van der Waals surface area contributed by atoms with Gasteiger partial charge in [0, 0.05) is 19.3 Å². The first-order valence-corrected chi connectivity index (χ1v) is 22.0. The lowest BCUT2D eigenvalue weighted by Crippen LogP contribution is -2.60. The quantitative estimate of drug-likeness (QED) is 0.0738. The van der Waals surface area contributed by atoms with E-state index in [0.717, 1.165) is 26.2 Å². The molecule has 2 aromatic rings. The number of sulfonamides is 1. The molecule has 2 heterocycles. The molecule has 21 nitrogen and oxygen atoms in total. The average molecular weight is 878 g/mol. The monoisotopic (exact) mass is 877 g/mol. The standard InChI is InChI=1S/C37H55N11O10S2/c1-7-21(5)29(45-31(52)25(16-20(3)4)42-32(53)27-18-39-14-15-40-27)33(54)43-26(17-23-12-10-9-11-13-23)35(56)48(19-28(50)44-34(55)30(51)24(38)8-2)60(57,58)37-47-46-36(59-37)41-22(6)49/h14-15,18,20-21,23-26,29H,7-13,16-17,19,38H2,1-6H3,(H,42,53)(H,43,54)(H,45,52)(H,41,46,49)(H,44,50,55)/t21-,24-,25-,26-,29-/m0/s1. The zero-order valence-corrected chi connectivity index (χ0v) is 36.2. The first kappa shape index (κ1) is 49.1. The van der Waals surface area contributed by atoms with E-state index < -0.39 is 98.1 Å². The van der Waals surface area contributed by atoms with Gasteiger partial charge in [0.15, 0.2) is 0 Å². The third kappa shape index (κ3) is 14.2. The van der Waals surface area contributed by atoms with Gasteiger partial charge in [-0.2, -0.15) is 8.42 Å². The minimum Gasteiger partial charge on any atom is -0.342 e. The van der Waals surface area contributed by atoms with Crippen molar-refractivity contribution in [2.24, 2.45) is 23.5 Å². The lowest BCUT2D eigenvalue weighted by atomic mass is 9.84. The topological polar surface area (TPSA) is 312 Å². The van der Waals surface area contributed by atoms with E-state index in [9.17, 15) is 46.8 Å². The Labute approximate surface area is 352 Å². The van der Waals surface area contributed by atoms with E-state index in [2.05, 4.69) is 41.4 Å². The van der Waals surface area contributed by atoms with E-state index in [0.29, 0.717) is 30.6 Å². The van der Waals surface area contributed by atoms with Gasteiger partial charge < -0.3 is 27.0 Å². The molecular weight excluding hydrogens is 823 g/mol. The second-order valence-corrected chi connectivity index (χ2v) is 18.1. The Morgan fingerprint density at radius 2 is 1.58 bits per heavy atom. The maximum atomic E-state index is 14.7. The molecular formula is C37H55N11O10S2. The Balaban J connectivity index is 2.03. The van der Waals surface area contributed by atoms with Gasteiger partial charge in [0.2, 0.25) is 34.5 Å². The second-order valence-electron chi connectivity index (χ2n) is 15.1. The zero-order chi connectivity index (χ0) is 44.7.